The lowest BCUT2D eigenvalue weighted by Gasteiger charge is -2.29. The smallest absolute Gasteiger partial charge is 0.237 e. The topological polar surface area (TPSA) is 82.7 Å². The predicted molar refractivity (Wildman–Crippen MR) is 97.0 cm³/mol. The number of H-pyrrole nitrogens is 1. The van der Waals surface area contributed by atoms with Gasteiger partial charge in [0.2, 0.25) is 5.91 Å². The van der Waals surface area contributed by atoms with Gasteiger partial charge in [0.05, 0.1) is 24.1 Å². The molecule has 1 aliphatic rings. The van der Waals surface area contributed by atoms with Crippen LogP contribution in [-0.4, -0.2) is 33.4 Å². The Balaban J connectivity index is 1.72. The first-order chi connectivity index (χ1) is 12.3. The lowest BCUT2D eigenvalue weighted by Crippen LogP contribution is -2.48. The van der Waals surface area contributed by atoms with E-state index in [1.165, 1.54) is 5.56 Å². The summed E-state index contributed by atoms with van der Waals surface area (Å²) in [5, 5.41) is 6.61. The standard InChI is InChI=1S/C19H27N5O/c1-2-3-9-22-19(25)17(11-15-12-20-13-23-15)24-16-8-4-6-14-7-5-10-21-18(14)16/h5,7,10,12-13,16-17,24H,2-4,6,8-9,11H2,1H3,(H,20,23)(H,22,25). The number of carbonyl (C=O) groups is 1. The number of nitrogens with one attached hydrogen (secondary N) is 3. The molecular weight excluding hydrogens is 314 g/mol. The highest BCUT2D eigenvalue weighted by atomic mass is 16.2. The lowest BCUT2D eigenvalue weighted by molar-refractivity contribution is -0.123. The molecule has 0 spiro atoms. The van der Waals surface area contributed by atoms with E-state index in [9.17, 15) is 4.79 Å². The summed E-state index contributed by atoms with van der Waals surface area (Å²) in [6.45, 7) is 2.84. The lowest BCUT2D eigenvalue weighted by atomic mass is 9.91. The molecule has 0 aromatic carbocycles. The van der Waals surface area contributed by atoms with Crippen LogP contribution < -0.4 is 10.6 Å². The van der Waals surface area contributed by atoms with E-state index in [4.69, 9.17) is 0 Å². The SMILES string of the molecule is CCCCNC(=O)C(Cc1cnc[nH]1)NC1CCCc2cccnc21. The highest BCUT2D eigenvalue weighted by Crippen LogP contribution is 2.28. The van der Waals surface area contributed by atoms with Crippen molar-refractivity contribution in [1.82, 2.24) is 25.6 Å². The molecule has 6 nitrogen and oxygen atoms in total. The molecule has 0 radical (unpaired) electrons. The minimum atomic E-state index is -0.296. The Morgan fingerprint density at radius 2 is 2.40 bits per heavy atom. The minimum Gasteiger partial charge on any atom is -0.355 e. The van der Waals surface area contributed by atoms with E-state index in [0.717, 1.165) is 50.0 Å². The first-order valence-electron chi connectivity index (χ1n) is 9.22. The monoisotopic (exact) mass is 341 g/mol. The Morgan fingerprint density at radius 3 is 3.20 bits per heavy atom. The van der Waals surface area contributed by atoms with Crippen LogP contribution in [0.5, 0.6) is 0 Å². The maximum Gasteiger partial charge on any atom is 0.237 e. The molecule has 3 rings (SSSR count). The maximum absolute atomic E-state index is 12.7. The van der Waals surface area contributed by atoms with Crippen LogP contribution in [0.1, 0.15) is 55.6 Å². The maximum atomic E-state index is 12.7. The predicted octanol–water partition coefficient (Wildman–Crippen LogP) is 2.30. The summed E-state index contributed by atoms with van der Waals surface area (Å²) in [5.74, 6) is 0.0473. The summed E-state index contributed by atoms with van der Waals surface area (Å²) in [7, 11) is 0. The fraction of sp³-hybridized carbons (Fsp3) is 0.526. The van der Waals surface area contributed by atoms with Gasteiger partial charge in [-0.3, -0.25) is 15.1 Å². The second-order valence-electron chi connectivity index (χ2n) is 6.64. The van der Waals surface area contributed by atoms with Gasteiger partial charge >= 0.3 is 0 Å². The van der Waals surface area contributed by atoms with Gasteiger partial charge in [0.25, 0.3) is 0 Å². The Labute approximate surface area is 148 Å². The Morgan fingerprint density at radius 1 is 1.48 bits per heavy atom. The zero-order valence-electron chi connectivity index (χ0n) is 14.8. The normalized spacial score (nSPS) is 17.7. The summed E-state index contributed by atoms with van der Waals surface area (Å²) in [4.78, 5) is 24.4. The van der Waals surface area contributed by atoms with Crippen LogP contribution in [0, 0.1) is 0 Å². The number of aromatic nitrogens is 3. The molecule has 2 atom stereocenters. The number of amides is 1. The molecule has 3 N–H and O–H groups in total. The summed E-state index contributed by atoms with van der Waals surface area (Å²) >= 11 is 0. The van der Waals surface area contributed by atoms with Crippen molar-refractivity contribution in [2.24, 2.45) is 0 Å². The van der Waals surface area contributed by atoms with Crippen LogP contribution >= 0.6 is 0 Å². The van der Waals surface area contributed by atoms with Crippen LogP contribution in [0.4, 0.5) is 0 Å². The number of fused-ring (bicyclic) bond motifs is 1. The summed E-state index contributed by atoms with van der Waals surface area (Å²) in [6, 6.07) is 3.95. The summed E-state index contributed by atoms with van der Waals surface area (Å²) in [5.41, 5.74) is 3.34. The Bertz CT molecular complexity index is 670. The number of pyridine rings is 1. The molecule has 2 aromatic rings. The number of imidazole rings is 1. The molecule has 2 heterocycles. The van der Waals surface area contributed by atoms with Crippen molar-refractivity contribution in [3.05, 3.63) is 47.8 Å². The number of aromatic amines is 1. The van der Waals surface area contributed by atoms with Crippen molar-refractivity contribution in [3.8, 4) is 0 Å². The molecule has 0 aliphatic heterocycles. The Kier molecular flexibility index (Phi) is 6.17. The molecular formula is C19H27N5O. The molecule has 2 aromatic heterocycles. The molecule has 0 fully saturated rings. The van der Waals surface area contributed by atoms with E-state index in [-0.39, 0.29) is 18.0 Å². The van der Waals surface area contributed by atoms with Gasteiger partial charge in [-0.2, -0.15) is 0 Å². The van der Waals surface area contributed by atoms with Crippen molar-refractivity contribution in [2.75, 3.05) is 6.54 Å². The van der Waals surface area contributed by atoms with Crippen LogP contribution in [0.2, 0.25) is 0 Å². The van der Waals surface area contributed by atoms with Gasteiger partial charge in [0, 0.05) is 31.1 Å². The van der Waals surface area contributed by atoms with E-state index in [0.29, 0.717) is 6.42 Å². The van der Waals surface area contributed by atoms with Gasteiger partial charge in [-0.25, -0.2) is 4.98 Å². The van der Waals surface area contributed by atoms with Crippen molar-refractivity contribution in [2.45, 2.75) is 57.5 Å². The van der Waals surface area contributed by atoms with Gasteiger partial charge in [-0.05, 0) is 37.3 Å². The molecule has 25 heavy (non-hydrogen) atoms. The first kappa shape index (κ1) is 17.6. The van der Waals surface area contributed by atoms with Crippen LogP contribution in [0.3, 0.4) is 0 Å². The second kappa shape index (κ2) is 8.76. The van der Waals surface area contributed by atoms with E-state index >= 15 is 0 Å². The van der Waals surface area contributed by atoms with Crippen molar-refractivity contribution in [1.29, 1.82) is 0 Å². The molecule has 2 unspecified atom stereocenters. The fourth-order valence-electron chi connectivity index (χ4n) is 3.37. The zero-order valence-corrected chi connectivity index (χ0v) is 14.8. The molecule has 134 valence electrons. The number of unbranched alkanes of at least 4 members (excludes halogenated alkanes) is 1. The molecule has 1 aliphatic carbocycles. The summed E-state index contributed by atoms with van der Waals surface area (Å²) in [6.07, 6.45) is 11.1. The number of hydrogen-bond donors (Lipinski definition) is 3. The third kappa shape index (κ3) is 4.66. The van der Waals surface area contributed by atoms with Crippen LogP contribution in [0.15, 0.2) is 30.9 Å². The van der Waals surface area contributed by atoms with Gasteiger partial charge in [-0.1, -0.05) is 19.4 Å². The average Bonchev–Trinajstić information content (AvgIpc) is 3.15. The minimum absolute atomic E-state index is 0.0473. The van der Waals surface area contributed by atoms with E-state index in [1.54, 1.807) is 12.5 Å². The molecule has 0 saturated carbocycles. The van der Waals surface area contributed by atoms with E-state index in [2.05, 4.69) is 38.6 Å². The van der Waals surface area contributed by atoms with Gasteiger partial charge in [-0.15, -0.1) is 0 Å². The van der Waals surface area contributed by atoms with Gasteiger partial charge < -0.3 is 10.3 Å². The highest BCUT2D eigenvalue weighted by Gasteiger charge is 2.27. The van der Waals surface area contributed by atoms with Crippen molar-refractivity contribution >= 4 is 5.91 Å². The fourth-order valence-corrected chi connectivity index (χ4v) is 3.37. The Hall–Kier alpha value is -2.21. The van der Waals surface area contributed by atoms with Crippen molar-refractivity contribution < 1.29 is 4.79 Å². The van der Waals surface area contributed by atoms with E-state index < -0.39 is 0 Å². The molecule has 0 saturated heterocycles. The van der Waals surface area contributed by atoms with Crippen molar-refractivity contribution in [3.63, 3.8) is 0 Å². The largest absolute Gasteiger partial charge is 0.355 e. The van der Waals surface area contributed by atoms with Crippen LogP contribution in [-0.2, 0) is 17.6 Å². The highest BCUT2D eigenvalue weighted by molar-refractivity contribution is 5.82. The second-order valence-corrected chi connectivity index (χ2v) is 6.64. The van der Waals surface area contributed by atoms with Gasteiger partial charge in [0.1, 0.15) is 0 Å². The van der Waals surface area contributed by atoms with Crippen LogP contribution in [0.25, 0.3) is 0 Å². The number of aryl methyl sites for hydroxylation is 1. The number of nitrogens with zero attached hydrogens (tertiary/aromatic N) is 2. The summed E-state index contributed by atoms with van der Waals surface area (Å²) < 4.78 is 0. The first-order valence-corrected chi connectivity index (χ1v) is 9.22. The van der Waals surface area contributed by atoms with Gasteiger partial charge in [0.15, 0.2) is 0 Å². The third-order valence-electron chi connectivity index (χ3n) is 4.72. The zero-order chi connectivity index (χ0) is 17.5. The molecule has 6 heteroatoms. The van der Waals surface area contributed by atoms with E-state index in [1.807, 2.05) is 12.3 Å². The third-order valence-corrected chi connectivity index (χ3v) is 4.72. The quantitative estimate of drug-likeness (QED) is 0.644. The molecule has 1 amide bonds. The average molecular weight is 341 g/mol. The number of hydrogen-bond acceptors (Lipinski definition) is 4. The number of rotatable bonds is 8. The number of carbonyl (C=O) groups excluding carboxylic acids is 1. The molecule has 0 bridgehead atoms.